The number of fused-ring (bicyclic) bond motifs is 3. The highest BCUT2D eigenvalue weighted by molar-refractivity contribution is 6.03. The van der Waals surface area contributed by atoms with Crippen LogP contribution in [0.5, 0.6) is 5.75 Å². The number of ether oxygens (including phenoxy) is 1. The second-order valence-corrected chi connectivity index (χ2v) is 10.0. The van der Waals surface area contributed by atoms with Crippen molar-refractivity contribution in [1.82, 2.24) is 5.32 Å². The minimum atomic E-state index is -4.43. The zero-order valence-corrected chi connectivity index (χ0v) is 19.2. The fraction of sp³-hybridized carbons (Fsp3) is 0.444. The molecule has 5 rings (SSSR count). The summed E-state index contributed by atoms with van der Waals surface area (Å²) >= 11 is 0. The maximum absolute atomic E-state index is 12.9. The van der Waals surface area contributed by atoms with Crippen LogP contribution in [0.1, 0.15) is 63.9 Å². The van der Waals surface area contributed by atoms with Gasteiger partial charge in [-0.15, -0.1) is 0 Å². The molecule has 0 saturated heterocycles. The first-order valence-corrected chi connectivity index (χ1v) is 11.9. The van der Waals surface area contributed by atoms with E-state index >= 15 is 0 Å². The van der Waals surface area contributed by atoms with Crippen LogP contribution in [0.25, 0.3) is 0 Å². The van der Waals surface area contributed by atoms with E-state index in [0.29, 0.717) is 23.3 Å². The molecule has 3 aliphatic rings. The number of hydrogen-bond acceptors (Lipinski definition) is 4. The molecule has 2 fully saturated rings. The van der Waals surface area contributed by atoms with Gasteiger partial charge in [-0.3, -0.25) is 14.4 Å². The van der Waals surface area contributed by atoms with Crippen molar-refractivity contribution in [2.24, 2.45) is 17.8 Å². The number of carbonyl (C=O) groups is 3. The lowest BCUT2D eigenvalue weighted by molar-refractivity contribution is -0.137. The highest BCUT2D eigenvalue weighted by atomic mass is 19.4. The molecule has 2 aromatic carbocycles. The second kappa shape index (κ2) is 8.81. The molecule has 0 aromatic heterocycles. The Morgan fingerprint density at radius 3 is 2.43 bits per heavy atom. The number of Topliss-reactive ketones (excluding diaryl/α,β-unsaturated/α-hetero) is 2. The highest BCUT2D eigenvalue weighted by Gasteiger charge is 2.47. The molecule has 0 radical (unpaired) electrons. The van der Waals surface area contributed by atoms with Crippen molar-refractivity contribution in [3.05, 3.63) is 64.7 Å². The summed E-state index contributed by atoms with van der Waals surface area (Å²) in [6.45, 7) is 1.89. The molecule has 184 valence electrons. The summed E-state index contributed by atoms with van der Waals surface area (Å²) in [7, 11) is 0. The van der Waals surface area contributed by atoms with E-state index in [9.17, 15) is 27.6 Å². The quantitative estimate of drug-likeness (QED) is 0.595. The minimum absolute atomic E-state index is 0.00730. The standard InChI is InChI=1S/C27H26F3NO4/c1-14-2-7-24-20(8-14)23(33)13-25(35-24)26(34)31-21-11-16-9-18(21)10-17(16)12-22(32)15-3-5-19(6-4-15)27(28,29)30/h2-8,16-18,21,25H,9-13H2,1H3,(H,31,34)/t16-,17-,18-,21+,25?/m0/s1. The third kappa shape index (κ3) is 4.70. The van der Waals surface area contributed by atoms with Gasteiger partial charge in [-0.1, -0.05) is 23.8 Å². The van der Waals surface area contributed by atoms with Crippen molar-refractivity contribution in [2.45, 2.75) is 57.3 Å². The van der Waals surface area contributed by atoms with E-state index in [-0.39, 0.29) is 47.7 Å². The maximum Gasteiger partial charge on any atom is 0.416 e. The number of aryl methyl sites for hydroxylation is 1. The van der Waals surface area contributed by atoms with Gasteiger partial charge in [-0.05, 0) is 68.2 Å². The lowest BCUT2D eigenvalue weighted by atomic mass is 9.82. The largest absolute Gasteiger partial charge is 0.479 e. The zero-order chi connectivity index (χ0) is 24.9. The molecule has 0 spiro atoms. The number of ketones is 2. The van der Waals surface area contributed by atoms with Gasteiger partial charge in [0.1, 0.15) is 5.75 Å². The molecule has 2 bridgehead atoms. The lowest BCUT2D eigenvalue weighted by Crippen LogP contribution is -2.48. The molecule has 5 nitrogen and oxygen atoms in total. The van der Waals surface area contributed by atoms with Crippen LogP contribution in [0.4, 0.5) is 13.2 Å². The number of nitrogens with one attached hydrogen (secondary N) is 1. The number of amides is 1. The van der Waals surface area contributed by atoms with E-state index in [0.717, 1.165) is 37.0 Å². The topological polar surface area (TPSA) is 72.5 Å². The van der Waals surface area contributed by atoms with Crippen LogP contribution in [0.3, 0.4) is 0 Å². The van der Waals surface area contributed by atoms with Crippen molar-refractivity contribution in [3.8, 4) is 5.75 Å². The smallest absolute Gasteiger partial charge is 0.416 e. The first kappa shape index (κ1) is 23.6. The van der Waals surface area contributed by atoms with Crippen molar-refractivity contribution in [2.75, 3.05) is 0 Å². The summed E-state index contributed by atoms with van der Waals surface area (Å²) in [5.41, 5.74) is 0.987. The average molecular weight is 486 g/mol. The second-order valence-electron chi connectivity index (χ2n) is 10.0. The molecule has 2 aromatic rings. The summed E-state index contributed by atoms with van der Waals surface area (Å²) in [6, 6.07) is 9.68. The van der Waals surface area contributed by atoms with Gasteiger partial charge in [-0.2, -0.15) is 13.2 Å². The van der Waals surface area contributed by atoms with Gasteiger partial charge in [-0.25, -0.2) is 0 Å². The van der Waals surface area contributed by atoms with E-state index in [2.05, 4.69) is 5.32 Å². The fourth-order valence-corrected chi connectivity index (χ4v) is 5.88. The number of alkyl halides is 3. The minimum Gasteiger partial charge on any atom is -0.479 e. The van der Waals surface area contributed by atoms with Crippen LogP contribution in [0, 0.1) is 24.7 Å². The third-order valence-corrected chi connectivity index (χ3v) is 7.68. The molecular formula is C27H26F3NO4. The molecule has 1 unspecified atom stereocenters. The van der Waals surface area contributed by atoms with Gasteiger partial charge in [0.15, 0.2) is 17.7 Å². The Morgan fingerprint density at radius 2 is 1.77 bits per heavy atom. The summed E-state index contributed by atoms with van der Waals surface area (Å²) in [5.74, 6) is 0.557. The number of rotatable bonds is 5. The molecule has 2 saturated carbocycles. The van der Waals surface area contributed by atoms with Crippen LogP contribution < -0.4 is 10.1 Å². The summed E-state index contributed by atoms with van der Waals surface area (Å²) in [4.78, 5) is 38.0. The van der Waals surface area contributed by atoms with Gasteiger partial charge in [0.25, 0.3) is 5.91 Å². The van der Waals surface area contributed by atoms with Gasteiger partial charge in [0.05, 0.1) is 17.5 Å². The Hall–Kier alpha value is -3.16. The Labute approximate surface area is 201 Å². The van der Waals surface area contributed by atoms with E-state index in [1.165, 1.54) is 12.1 Å². The van der Waals surface area contributed by atoms with Crippen LogP contribution in [-0.2, 0) is 11.0 Å². The van der Waals surface area contributed by atoms with Crippen molar-refractivity contribution < 1.29 is 32.3 Å². The first-order chi connectivity index (χ1) is 16.6. The maximum atomic E-state index is 12.9. The van der Waals surface area contributed by atoms with E-state index in [1.807, 2.05) is 13.0 Å². The monoisotopic (exact) mass is 485 g/mol. The molecule has 1 amide bonds. The molecule has 1 aliphatic heterocycles. The predicted molar refractivity (Wildman–Crippen MR) is 121 cm³/mol. The molecule has 35 heavy (non-hydrogen) atoms. The molecular weight excluding hydrogens is 459 g/mol. The van der Waals surface area contributed by atoms with Crippen LogP contribution in [0.15, 0.2) is 42.5 Å². The highest BCUT2D eigenvalue weighted by Crippen LogP contribution is 2.50. The first-order valence-electron chi connectivity index (χ1n) is 11.9. The van der Waals surface area contributed by atoms with Crippen molar-refractivity contribution in [3.63, 3.8) is 0 Å². The normalized spacial score (nSPS) is 27.3. The summed E-state index contributed by atoms with van der Waals surface area (Å²) in [6.07, 6.45) is -2.54. The number of benzene rings is 2. The Balaban J connectivity index is 1.15. The van der Waals surface area contributed by atoms with Crippen molar-refractivity contribution >= 4 is 17.5 Å². The molecule has 2 aliphatic carbocycles. The Morgan fingerprint density at radius 1 is 1.03 bits per heavy atom. The predicted octanol–water partition coefficient (Wildman–Crippen LogP) is 5.15. The zero-order valence-electron chi connectivity index (χ0n) is 19.2. The Kier molecular flexibility index (Phi) is 5.93. The van der Waals surface area contributed by atoms with Gasteiger partial charge in [0.2, 0.25) is 0 Å². The van der Waals surface area contributed by atoms with E-state index in [1.54, 1.807) is 12.1 Å². The number of hydrogen-bond donors (Lipinski definition) is 1. The van der Waals surface area contributed by atoms with Gasteiger partial charge >= 0.3 is 6.18 Å². The summed E-state index contributed by atoms with van der Waals surface area (Å²) < 4.78 is 44.1. The fourth-order valence-electron chi connectivity index (χ4n) is 5.88. The number of halogens is 3. The van der Waals surface area contributed by atoms with E-state index < -0.39 is 17.8 Å². The van der Waals surface area contributed by atoms with Gasteiger partial charge in [0, 0.05) is 18.0 Å². The van der Waals surface area contributed by atoms with Gasteiger partial charge < -0.3 is 10.1 Å². The summed E-state index contributed by atoms with van der Waals surface area (Å²) in [5, 5.41) is 3.06. The number of carbonyl (C=O) groups excluding carboxylic acids is 3. The molecule has 1 heterocycles. The lowest BCUT2D eigenvalue weighted by Gasteiger charge is -2.31. The van der Waals surface area contributed by atoms with Crippen LogP contribution in [0.2, 0.25) is 0 Å². The van der Waals surface area contributed by atoms with Crippen LogP contribution >= 0.6 is 0 Å². The average Bonchev–Trinajstić information content (AvgIpc) is 3.39. The molecule has 5 atom stereocenters. The molecule has 8 heteroatoms. The Bertz CT molecular complexity index is 1170. The molecule has 1 N–H and O–H groups in total. The third-order valence-electron chi connectivity index (χ3n) is 7.68. The SMILES string of the molecule is Cc1ccc2c(c1)C(=O)CC(C(=O)N[C@@H]1C[C@@H]3C[C@H]1C[C@H]3CC(=O)c1ccc(C(F)(F)F)cc1)O2. The van der Waals surface area contributed by atoms with Crippen LogP contribution in [-0.4, -0.2) is 29.6 Å². The van der Waals surface area contributed by atoms with Crippen molar-refractivity contribution in [1.29, 1.82) is 0 Å². The van der Waals surface area contributed by atoms with E-state index in [4.69, 9.17) is 4.74 Å².